The maximum atomic E-state index is 13.5. The van der Waals surface area contributed by atoms with E-state index in [1.807, 2.05) is 13.0 Å². The molecule has 1 N–H and O–H groups in total. The topological polar surface area (TPSA) is 21.3 Å². The van der Waals surface area contributed by atoms with Gasteiger partial charge in [-0.05, 0) is 43.7 Å². The van der Waals surface area contributed by atoms with E-state index in [4.69, 9.17) is 4.74 Å². The third-order valence-corrected chi connectivity index (χ3v) is 3.31. The molecule has 1 atom stereocenters. The van der Waals surface area contributed by atoms with Crippen LogP contribution in [0.3, 0.4) is 0 Å². The van der Waals surface area contributed by atoms with Gasteiger partial charge in [-0.15, -0.1) is 0 Å². The Hall–Kier alpha value is -2.10. The molecule has 2 rings (SSSR count). The van der Waals surface area contributed by atoms with Gasteiger partial charge in [0.25, 0.3) is 0 Å². The van der Waals surface area contributed by atoms with Crippen molar-refractivity contribution in [2.45, 2.75) is 19.9 Å². The van der Waals surface area contributed by atoms with E-state index in [2.05, 4.69) is 5.32 Å². The predicted octanol–water partition coefficient (Wildman–Crippen LogP) is 4.45. The summed E-state index contributed by atoms with van der Waals surface area (Å²) < 4.78 is 31.8. The van der Waals surface area contributed by atoms with Crippen molar-refractivity contribution in [3.8, 4) is 5.75 Å². The minimum atomic E-state index is -0.398. The number of rotatable bonds is 4. The van der Waals surface area contributed by atoms with Crippen LogP contribution in [0.2, 0.25) is 0 Å². The first-order chi connectivity index (χ1) is 9.52. The molecule has 106 valence electrons. The molecule has 1 unspecified atom stereocenters. The van der Waals surface area contributed by atoms with Crippen molar-refractivity contribution < 1.29 is 13.5 Å². The fourth-order valence-electron chi connectivity index (χ4n) is 2.03. The summed E-state index contributed by atoms with van der Waals surface area (Å²) in [6.07, 6.45) is 0. The van der Waals surface area contributed by atoms with Crippen LogP contribution in [0.15, 0.2) is 36.4 Å². The predicted molar refractivity (Wildman–Crippen MR) is 76.1 cm³/mol. The average Bonchev–Trinajstić information content (AvgIpc) is 2.44. The molecular formula is C16H17F2NO. The van der Waals surface area contributed by atoms with Gasteiger partial charge in [0.2, 0.25) is 0 Å². The monoisotopic (exact) mass is 277 g/mol. The minimum Gasteiger partial charge on any atom is -0.494 e. The normalized spacial score (nSPS) is 12.1. The standard InChI is InChI=1S/C16H17F2NO/c1-10-13(17)5-4-6-15(10)19-11(2)12-7-8-14(18)16(9-12)20-3/h4-9,11,19H,1-3H3. The molecule has 0 radical (unpaired) electrons. The number of halogens is 2. The summed E-state index contributed by atoms with van der Waals surface area (Å²) in [5, 5.41) is 3.22. The number of hydrogen-bond acceptors (Lipinski definition) is 2. The lowest BCUT2D eigenvalue weighted by Crippen LogP contribution is -2.08. The van der Waals surface area contributed by atoms with Gasteiger partial charge in [0.05, 0.1) is 7.11 Å². The van der Waals surface area contributed by atoms with Crippen molar-refractivity contribution in [1.82, 2.24) is 0 Å². The molecule has 2 aromatic carbocycles. The van der Waals surface area contributed by atoms with Gasteiger partial charge in [-0.25, -0.2) is 8.78 Å². The van der Waals surface area contributed by atoms with E-state index in [1.165, 1.54) is 19.2 Å². The van der Waals surface area contributed by atoms with Gasteiger partial charge >= 0.3 is 0 Å². The summed E-state index contributed by atoms with van der Waals surface area (Å²) >= 11 is 0. The lowest BCUT2D eigenvalue weighted by atomic mass is 10.1. The maximum Gasteiger partial charge on any atom is 0.165 e. The van der Waals surface area contributed by atoms with Gasteiger partial charge in [0.1, 0.15) is 5.82 Å². The highest BCUT2D eigenvalue weighted by atomic mass is 19.1. The Bertz CT molecular complexity index is 613. The van der Waals surface area contributed by atoms with Crippen molar-refractivity contribution in [2.24, 2.45) is 0 Å². The molecule has 0 saturated heterocycles. The molecule has 0 amide bonds. The molecule has 0 bridgehead atoms. The van der Waals surface area contributed by atoms with E-state index >= 15 is 0 Å². The Morgan fingerprint density at radius 1 is 1.10 bits per heavy atom. The van der Waals surface area contributed by atoms with Crippen LogP contribution in [-0.4, -0.2) is 7.11 Å². The van der Waals surface area contributed by atoms with Crippen LogP contribution in [0.1, 0.15) is 24.1 Å². The summed E-state index contributed by atoms with van der Waals surface area (Å²) in [6.45, 7) is 3.65. The SMILES string of the molecule is COc1cc(C(C)Nc2cccc(F)c2C)ccc1F. The summed E-state index contributed by atoms with van der Waals surface area (Å²) in [7, 11) is 1.43. The highest BCUT2D eigenvalue weighted by molar-refractivity contribution is 5.52. The van der Waals surface area contributed by atoms with E-state index in [1.54, 1.807) is 25.1 Å². The largest absolute Gasteiger partial charge is 0.494 e. The van der Waals surface area contributed by atoms with Crippen molar-refractivity contribution in [3.05, 3.63) is 59.2 Å². The molecule has 0 heterocycles. The first-order valence-electron chi connectivity index (χ1n) is 6.38. The Morgan fingerprint density at radius 3 is 2.55 bits per heavy atom. The van der Waals surface area contributed by atoms with Crippen molar-refractivity contribution in [1.29, 1.82) is 0 Å². The van der Waals surface area contributed by atoms with E-state index in [-0.39, 0.29) is 17.6 Å². The summed E-state index contributed by atoms with van der Waals surface area (Å²) in [4.78, 5) is 0. The van der Waals surface area contributed by atoms with Gasteiger partial charge < -0.3 is 10.1 Å². The lowest BCUT2D eigenvalue weighted by molar-refractivity contribution is 0.385. The van der Waals surface area contributed by atoms with E-state index in [0.717, 1.165) is 11.3 Å². The second kappa shape index (κ2) is 5.90. The molecule has 4 heteroatoms. The molecule has 0 aliphatic carbocycles. The van der Waals surface area contributed by atoms with Crippen LogP contribution in [0.5, 0.6) is 5.75 Å². The molecule has 0 spiro atoms. The fraction of sp³-hybridized carbons (Fsp3) is 0.250. The van der Waals surface area contributed by atoms with Gasteiger partial charge in [-0.1, -0.05) is 12.1 Å². The number of ether oxygens (including phenoxy) is 1. The molecule has 0 aliphatic rings. The van der Waals surface area contributed by atoms with Gasteiger partial charge in [0, 0.05) is 17.3 Å². The van der Waals surface area contributed by atoms with Crippen LogP contribution in [0.25, 0.3) is 0 Å². The Labute approximate surface area is 117 Å². The van der Waals surface area contributed by atoms with E-state index in [0.29, 0.717) is 5.56 Å². The second-order valence-corrected chi connectivity index (χ2v) is 4.67. The van der Waals surface area contributed by atoms with Gasteiger partial charge in [0.15, 0.2) is 11.6 Å². The van der Waals surface area contributed by atoms with Crippen LogP contribution >= 0.6 is 0 Å². The summed E-state index contributed by atoms with van der Waals surface area (Å²) in [5.41, 5.74) is 2.15. The molecule has 0 saturated carbocycles. The molecule has 0 aliphatic heterocycles. The quantitative estimate of drug-likeness (QED) is 0.891. The number of methoxy groups -OCH3 is 1. The Kier molecular flexibility index (Phi) is 4.23. The number of benzene rings is 2. The van der Waals surface area contributed by atoms with E-state index < -0.39 is 5.82 Å². The molecule has 2 nitrogen and oxygen atoms in total. The third kappa shape index (κ3) is 2.90. The zero-order valence-corrected chi connectivity index (χ0v) is 11.7. The second-order valence-electron chi connectivity index (χ2n) is 4.67. The summed E-state index contributed by atoms with van der Waals surface area (Å²) in [6, 6.07) is 9.49. The van der Waals surface area contributed by atoms with E-state index in [9.17, 15) is 8.78 Å². The maximum absolute atomic E-state index is 13.5. The highest BCUT2D eigenvalue weighted by Gasteiger charge is 2.11. The third-order valence-electron chi connectivity index (χ3n) is 3.31. The molecule has 0 aromatic heterocycles. The highest BCUT2D eigenvalue weighted by Crippen LogP contribution is 2.27. The number of hydrogen-bond donors (Lipinski definition) is 1. The molecule has 20 heavy (non-hydrogen) atoms. The minimum absolute atomic E-state index is 0.0926. The number of nitrogens with one attached hydrogen (secondary N) is 1. The van der Waals surface area contributed by atoms with Crippen LogP contribution in [0.4, 0.5) is 14.5 Å². The first kappa shape index (κ1) is 14.3. The smallest absolute Gasteiger partial charge is 0.165 e. The van der Waals surface area contributed by atoms with Crippen molar-refractivity contribution in [2.75, 3.05) is 12.4 Å². The van der Waals surface area contributed by atoms with Crippen LogP contribution in [0, 0.1) is 18.6 Å². The molecular weight excluding hydrogens is 260 g/mol. The molecule has 2 aromatic rings. The van der Waals surface area contributed by atoms with Gasteiger partial charge in [-0.3, -0.25) is 0 Å². The molecule has 0 fully saturated rings. The average molecular weight is 277 g/mol. The first-order valence-corrected chi connectivity index (χ1v) is 6.38. The fourth-order valence-corrected chi connectivity index (χ4v) is 2.03. The summed E-state index contributed by atoms with van der Waals surface area (Å²) in [5.74, 6) is -0.448. The Morgan fingerprint density at radius 2 is 1.85 bits per heavy atom. The van der Waals surface area contributed by atoms with Crippen molar-refractivity contribution in [3.63, 3.8) is 0 Å². The number of anilines is 1. The van der Waals surface area contributed by atoms with Crippen LogP contribution < -0.4 is 10.1 Å². The van der Waals surface area contributed by atoms with Crippen LogP contribution in [-0.2, 0) is 0 Å². The zero-order chi connectivity index (χ0) is 14.7. The van der Waals surface area contributed by atoms with Crippen molar-refractivity contribution >= 4 is 5.69 Å². The Balaban J connectivity index is 2.24. The zero-order valence-electron chi connectivity index (χ0n) is 11.7. The lowest BCUT2D eigenvalue weighted by Gasteiger charge is -2.18. The van der Waals surface area contributed by atoms with Gasteiger partial charge in [-0.2, -0.15) is 0 Å².